The van der Waals surface area contributed by atoms with Gasteiger partial charge in [-0.25, -0.2) is 4.98 Å². The van der Waals surface area contributed by atoms with E-state index in [-0.39, 0.29) is 11.8 Å². The Balaban J connectivity index is 1.36. The summed E-state index contributed by atoms with van der Waals surface area (Å²) in [4.78, 5) is 36.9. The standard InChI is InChI=1S/C20H20N4O3/c1-14-22-17-3-2-15(12-18(17)27-14)13-19(25)23-8-10-24(11-9-23)20(26)16-4-6-21-7-5-16/h2-7,12H,8-11,13H2,1H3. The number of oxazole rings is 1. The zero-order chi connectivity index (χ0) is 18.8. The highest BCUT2D eigenvalue weighted by Crippen LogP contribution is 2.18. The summed E-state index contributed by atoms with van der Waals surface area (Å²) >= 11 is 0. The molecule has 138 valence electrons. The zero-order valence-corrected chi connectivity index (χ0v) is 15.1. The third-order valence-corrected chi connectivity index (χ3v) is 4.76. The molecule has 0 atom stereocenters. The topological polar surface area (TPSA) is 79.5 Å². The van der Waals surface area contributed by atoms with E-state index in [4.69, 9.17) is 4.42 Å². The van der Waals surface area contributed by atoms with Crippen LogP contribution >= 0.6 is 0 Å². The molecule has 0 saturated carbocycles. The second-order valence-corrected chi connectivity index (χ2v) is 6.62. The van der Waals surface area contributed by atoms with Gasteiger partial charge in [0.2, 0.25) is 5.91 Å². The van der Waals surface area contributed by atoms with Crippen LogP contribution in [0.3, 0.4) is 0 Å². The molecule has 0 unspecified atom stereocenters. The number of nitrogens with zero attached hydrogens (tertiary/aromatic N) is 4. The minimum absolute atomic E-state index is 0.0179. The lowest BCUT2D eigenvalue weighted by Crippen LogP contribution is -2.51. The van der Waals surface area contributed by atoms with Gasteiger partial charge in [0.15, 0.2) is 11.5 Å². The molecule has 3 heterocycles. The van der Waals surface area contributed by atoms with Gasteiger partial charge < -0.3 is 14.2 Å². The molecule has 0 spiro atoms. The average Bonchev–Trinajstić information content (AvgIpc) is 3.07. The van der Waals surface area contributed by atoms with Crippen molar-refractivity contribution in [2.75, 3.05) is 26.2 Å². The molecule has 0 aliphatic carbocycles. The molecule has 2 amide bonds. The average molecular weight is 364 g/mol. The molecule has 1 aliphatic rings. The molecule has 4 rings (SSSR count). The number of pyridine rings is 1. The van der Waals surface area contributed by atoms with Crippen molar-refractivity contribution in [3.63, 3.8) is 0 Å². The van der Waals surface area contributed by atoms with Crippen LogP contribution in [0.25, 0.3) is 11.1 Å². The molecule has 0 N–H and O–H groups in total. The predicted molar refractivity (Wildman–Crippen MR) is 99.2 cm³/mol. The molecule has 27 heavy (non-hydrogen) atoms. The normalized spacial score (nSPS) is 14.6. The van der Waals surface area contributed by atoms with Gasteiger partial charge in [-0.2, -0.15) is 0 Å². The number of piperazine rings is 1. The van der Waals surface area contributed by atoms with Crippen LogP contribution in [0, 0.1) is 6.92 Å². The second-order valence-electron chi connectivity index (χ2n) is 6.62. The van der Waals surface area contributed by atoms with Crippen molar-refractivity contribution in [3.8, 4) is 0 Å². The summed E-state index contributed by atoms with van der Waals surface area (Å²) in [5.74, 6) is 0.653. The van der Waals surface area contributed by atoms with Crippen LogP contribution in [0.5, 0.6) is 0 Å². The van der Waals surface area contributed by atoms with E-state index in [2.05, 4.69) is 9.97 Å². The van der Waals surface area contributed by atoms with E-state index < -0.39 is 0 Å². The highest BCUT2D eigenvalue weighted by molar-refractivity contribution is 5.94. The lowest BCUT2D eigenvalue weighted by molar-refractivity contribution is -0.131. The Hall–Kier alpha value is -3.22. The third kappa shape index (κ3) is 3.67. The van der Waals surface area contributed by atoms with Gasteiger partial charge in [0.25, 0.3) is 5.91 Å². The van der Waals surface area contributed by atoms with Crippen LogP contribution < -0.4 is 0 Å². The molecule has 0 bridgehead atoms. The molecular weight excluding hydrogens is 344 g/mol. The van der Waals surface area contributed by atoms with Crippen molar-refractivity contribution in [1.29, 1.82) is 0 Å². The van der Waals surface area contributed by atoms with Crippen molar-refractivity contribution >= 4 is 22.9 Å². The molecular formula is C20H20N4O3. The Morgan fingerprint density at radius 1 is 1.04 bits per heavy atom. The van der Waals surface area contributed by atoms with Gasteiger partial charge in [0.1, 0.15) is 5.52 Å². The van der Waals surface area contributed by atoms with Crippen LogP contribution in [0.1, 0.15) is 21.8 Å². The van der Waals surface area contributed by atoms with E-state index in [0.717, 1.165) is 11.1 Å². The van der Waals surface area contributed by atoms with Crippen molar-refractivity contribution in [2.24, 2.45) is 0 Å². The first kappa shape index (κ1) is 17.2. The quantitative estimate of drug-likeness (QED) is 0.711. The second kappa shape index (κ2) is 7.19. The SMILES string of the molecule is Cc1nc2ccc(CC(=O)N3CCN(C(=O)c4ccncc4)CC3)cc2o1. The summed E-state index contributed by atoms with van der Waals surface area (Å²) in [7, 11) is 0. The van der Waals surface area contributed by atoms with Crippen LogP contribution in [-0.4, -0.2) is 57.8 Å². The van der Waals surface area contributed by atoms with E-state index in [9.17, 15) is 9.59 Å². The zero-order valence-electron chi connectivity index (χ0n) is 15.1. The van der Waals surface area contributed by atoms with Gasteiger partial charge in [-0.15, -0.1) is 0 Å². The van der Waals surface area contributed by atoms with Crippen molar-refractivity contribution in [2.45, 2.75) is 13.3 Å². The molecule has 7 heteroatoms. The van der Waals surface area contributed by atoms with Crippen molar-refractivity contribution in [3.05, 3.63) is 59.7 Å². The summed E-state index contributed by atoms with van der Waals surface area (Å²) in [6.07, 6.45) is 3.54. The number of rotatable bonds is 3. The number of hydrogen-bond donors (Lipinski definition) is 0. The highest BCUT2D eigenvalue weighted by Gasteiger charge is 2.25. The third-order valence-electron chi connectivity index (χ3n) is 4.76. The lowest BCUT2D eigenvalue weighted by atomic mass is 10.1. The number of benzene rings is 1. The molecule has 0 radical (unpaired) electrons. The van der Waals surface area contributed by atoms with Crippen LogP contribution in [-0.2, 0) is 11.2 Å². The summed E-state index contributed by atoms with van der Waals surface area (Å²) in [6.45, 7) is 3.96. The van der Waals surface area contributed by atoms with E-state index in [1.54, 1.807) is 36.4 Å². The van der Waals surface area contributed by atoms with Crippen LogP contribution in [0.15, 0.2) is 47.1 Å². The van der Waals surface area contributed by atoms with E-state index in [1.165, 1.54) is 0 Å². The summed E-state index contributed by atoms with van der Waals surface area (Å²) in [6, 6.07) is 9.07. The summed E-state index contributed by atoms with van der Waals surface area (Å²) in [5, 5.41) is 0. The maximum Gasteiger partial charge on any atom is 0.254 e. The van der Waals surface area contributed by atoms with Gasteiger partial charge in [-0.1, -0.05) is 6.07 Å². The van der Waals surface area contributed by atoms with Crippen molar-refractivity contribution < 1.29 is 14.0 Å². The molecule has 2 aromatic heterocycles. The summed E-state index contributed by atoms with van der Waals surface area (Å²) < 4.78 is 5.53. The Kier molecular flexibility index (Phi) is 4.58. The van der Waals surface area contributed by atoms with Crippen LogP contribution in [0.2, 0.25) is 0 Å². The molecule has 7 nitrogen and oxygen atoms in total. The fraction of sp³-hybridized carbons (Fsp3) is 0.300. The predicted octanol–water partition coefficient (Wildman–Crippen LogP) is 2.06. The Bertz CT molecular complexity index is 975. The number of hydrogen-bond acceptors (Lipinski definition) is 5. The number of fused-ring (bicyclic) bond motifs is 1. The molecule has 1 aliphatic heterocycles. The fourth-order valence-corrected chi connectivity index (χ4v) is 3.32. The fourth-order valence-electron chi connectivity index (χ4n) is 3.32. The first-order valence-corrected chi connectivity index (χ1v) is 8.93. The number of aryl methyl sites for hydroxylation is 1. The Morgan fingerprint density at radius 2 is 1.74 bits per heavy atom. The number of carbonyl (C=O) groups is 2. The van der Waals surface area contributed by atoms with Gasteiger partial charge in [0, 0.05) is 51.1 Å². The van der Waals surface area contributed by atoms with Gasteiger partial charge in [0.05, 0.1) is 6.42 Å². The monoisotopic (exact) mass is 364 g/mol. The molecule has 1 fully saturated rings. The Labute approximate surface area is 156 Å². The molecule has 1 saturated heterocycles. The maximum atomic E-state index is 12.6. The lowest BCUT2D eigenvalue weighted by Gasteiger charge is -2.35. The smallest absolute Gasteiger partial charge is 0.254 e. The number of aromatic nitrogens is 2. The maximum absolute atomic E-state index is 12.6. The number of amides is 2. The van der Waals surface area contributed by atoms with E-state index in [0.29, 0.717) is 49.6 Å². The van der Waals surface area contributed by atoms with E-state index in [1.807, 2.05) is 23.1 Å². The highest BCUT2D eigenvalue weighted by atomic mass is 16.3. The first-order chi connectivity index (χ1) is 13.1. The first-order valence-electron chi connectivity index (χ1n) is 8.93. The summed E-state index contributed by atoms with van der Waals surface area (Å²) in [5.41, 5.74) is 3.02. The van der Waals surface area contributed by atoms with E-state index >= 15 is 0 Å². The molecule has 3 aromatic rings. The Morgan fingerprint density at radius 3 is 2.48 bits per heavy atom. The van der Waals surface area contributed by atoms with Gasteiger partial charge in [-0.05, 0) is 29.8 Å². The minimum Gasteiger partial charge on any atom is -0.441 e. The minimum atomic E-state index is -0.0179. The molecule has 1 aromatic carbocycles. The van der Waals surface area contributed by atoms with Gasteiger partial charge >= 0.3 is 0 Å². The van der Waals surface area contributed by atoms with Crippen molar-refractivity contribution in [1.82, 2.24) is 19.8 Å². The van der Waals surface area contributed by atoms with Gasteiger partial charge in [-0.3, -0.25) is 14.6 Å². The van der Waals surface area contributed by atoms with Crippen LogP contribution in [0.4, 0.5) is 0 Å². The largest absolute Gasteiger partial charge is 0.441 e. The number of carbonyl (C=O) groups excluding carboxylic acids is 2.